The smallest absolute Gasteiger partial charge is 0.228 e. The Labute approximate surface area is 110 Å². The molecule has 1 atom stereocenters. The summed E-state index contributed by atoms with van der Waals surface area (Å²) >= 11 is 5.87. The van der Waals surface area contributed by atoms with E-state index >= 15 is 0 Å². The van der Waals surface area contributed by atoms with Gasteiger partial charge in [-0.2, -0.15) is 5.26 Å². The Bertz CT molecular complexity index is 492. The van der Waals surface area contributed by atoms with E-state index in [1.165, 1.54) is 17.0 Å². The average molecular weight is 267 g/mol. The maximum atomic E-state index is 13.6. The molecule has 1 aromatic carbocycles. The van der Waals surface area contributed by atoms with E-state index in [-0.39, 0.29) is 29.0 Å². The molecule has 1 aromatic rings. The first-order valence-corrected chi connectivity index (χ1v) is 6.13. The molecule has 0 radical (unpaired) electrons. The number of hydrogen-bond donors (Lipinski definition) is 0. The summed E-state index contributed by atoms with van der Waals surface area (Å²) in [4.78, 5) is 13.5. The van der Waals surface area contributed by atoms with Crippen molar-refractivity contribution in [1.82, 2.24) is 4.90 Å². The van der Waals surface area contributed by atoms with Crippen molar-refractivity contribution in [1.29, 1.82) is 5.26 Å². The quantitative estimate of drug-likeness (QED) is 0.826. The molecule has 1 aliphatic heterocycles. The molecule has 0 bridgehead atoms. The molecule has 1 fully saturated rings. The highest BCUT2D eigenvalue weighted by Crippen LogP contribution is 2.23. The van der Waals surface area contributed by atoms with Crippen LogP contribution in [0.15, 0.2) is 18.2 Å². The van der Waals surface area contributed by atoms with Crippen molar-refractivity contribution in [3.05, 3.63) is 34.6 Å². The molecule has 3 nitrogen and oxygen atoms in total. The van der Waals surface area contributed by atoms with Crippen molar-refractivity contribution in [2.75, 3.05) is 6.54 Å². The zero-order valence-electron chi connectivity index (χ0n) is 9.70. The van der Waals surface area contributed by atoms with E-state index in [1.807, 2.05) is 0 Å². The van der Waals surface area contributed by atoms with Crippen molar-refractivity contribution in [2.45, 2.75) is 25.3 Å². The number of nitrogens with zero attached hydrogens (tertiary/aromatic N) is 2. The van der Waals surface area contributed by atoms with Crippen LogP contribution in [0, 0.1) is 17.1 Å². The van der Waals surface area contributed by atoms with Gasteiger partial charge in [-0.05, 0) is 25.0 Å². The Morgan fingerprint density at radius 3 is 3.06 bits per heavy atom. The zero-order chi connectivity index (χ0) is 13.1. The van der Waals surface area contributed by atoms with Crippen LogP contribution in [0.25, 0.3) is 0 Å². The van der Waals surface area contributed by atoms with Crippen molar-refractivity contribution in [3.8, 4) is 6.07 Å². The summed E-state index contributed by atoms with van der Waals surface area (Å²) in [6.45, 7) is 0.559. The van der Waals surface area contributed by atoms with Crippen LogP contribution < -0.4 is 0 Å². The van der Waals surface area contributed by atoms with Crippen molar-refractivity contribution >= 4 is 17.5 Å². The fourth-order valence-corrected chi connectivity index (χ4v) is 2.38. The average Bonchev–Trinajstić information content (AvgIpc) is 2.82. The number of carbonyl (C=O) groups is 1. The minimum absolute atomic E-state index is 0.0936. The molecule has 1 heterocycles. The van der Waals surface area contributed by atoms with Gasteiger partial charge in [0.2, 0.25) is 5.91 Å². The Balaban J connectivity index is 2.15. The molecule has 0 spiro atoms. The lowest BCUT2D eigenvalue weighted by Crippen LogP contribution is -2.35. The standard InChI is InChI=1S/C13H12ClFN2O/c14-11-4-1-5-12(15)10(11)7-13(18)17-6-2-3-9(17)8-16/h1,4-5,9H,2-3,6-7H2. The fraction of sp³-hybridized carbons (Fsp3) is 0.385. The highest BCUT2D eigenvalue weighted by molar-refractivity contribution is 6.31. The third-order valence-electron chi connectivity index (χ3n) is 3.11. The fourth-order valence-electron chi connectivity index (χ4n) is 2.15. The third-order valence-corrected chi connectivity index (χ3v) is 3.47. The van der Waals surface area contributed by atoms with Crippen LogP contribution in [0.1, 0.15) is 18.4 Å². The SMILES string of the molecule is N#CC1CCCN1C(=O)Cc1c(F)cccc1Cl. The maximum absolute atomic E-state index is 13.6. The number of amides is 1. The molecule has 1 amide bonds. The lowest BCUT2D eigenvalue weighted by atomic mass is 10.1. The Morgan fingerprint density at radius 2 is 2.39 bits per heavy atom. The first kappa shape index (κ1) is 12.8. The number of rotatable bonds is 2. The minimum atomic E-state index is -0.483. The normalized spacial score (nSPS) is 18.7. The van der Waals surface area contributed by atoms with Crippen molar-refractivity contribution < 1.29 is 9.18 Å². The van der Waals surface area contributed by atoms with Crippen molar-refractivity contribution in [2.24, 2.45) is 0 Å². The second-order valence-corrected chi connectivity index (χ2v) is 4.66. The number of carbonyl (C=O) groups excluding carboxylic acids is 1. The van der Waals surface area contributed by atoms with Crippen LogP contribution in [-0.2, 0) is 11.2 Å². The second kappa shape index (κ2) is 5.36. The predicted octanol–water partition coefficient (Wildman–Crippen LogP) is 2.54. The summed E-state index contributed by atoms with van der Waals surface area (Å²) < 4.78 is 13.6. The number of likely N-dealkylation sites (tertiary alicyclic amines) is 1. The molecule has 18 heavy (non-hydrogen) atoms. The summed E-state index contributed by atoms with van der Waals surface area (Å²) in [5.41, 5.74) is 0.202. The van der Waals surface area contributed by atoms with Crippen LogP contribution in [0.5, 0.6) is 0 Å². The topological polar surface area (TPSA) is 44.1 Å². The van der Waals surface area contributed by atoms with Gasteiger partial charge in [-0.3, -0.25) is 4.79 Å². The molecule has 0 aromatic heterocycles. The molecular formula is C13H12ClFN2O. The molecule has 1 aliphatic rings. The summed E-state index contributed by atoms with van der Waals surface area (Å²) in [7, 11) is 0. The van der Waals surface area contributed by atoms with Gasteiger partial charge in [0.05, 0.1) is 12.5 Å². The molecule has 1 unspecified atom stereocenters. The Hall–Kier alpha value is -1.60. The Morgan fingerprint density at radius 1 is 1.61 bits per heavy atom. The van der Waals surface area contributed by atoms with Gasteiger partial charge in [-0.15, -0.1) is 0 Å². The summed E-state index contributed by atoms with van der Waals surface area (Å²) in [5.74, 6) is -0.727. The largest absolute Gasteiger partial charge is 0.326 e. The van der Waals surface area contributed by atoms with E-state index in [0.29, 0.717) is 13.0 Å². The first-order valence-electron chi connectivity index (χ1n) is 5.75. The van der Waals surface area contributed by atoms with Crippen molar-refractivity contribution in [3.63, 3.8) is 0 Å². The van der Waals surface area contributed by atoms with Gasteiger partial charge in [0, 0.05) is 17.1 Å². The third kappa shape index (κ3) is 2.46. The Kier molecular flexibility index (Phi) is 3.83. The van der Waals surface area contributed by atoms with Crippen LogP contribution in [0.4, 0.5) is 4.39 Å². The molecule has 0 saturated carbocycles. The monoisotopic (exact) mass is 266 g/mol. The van der Waals surface area contributed by atoms with Crippen LogP contribution in [0.2, 0.25) is 5.02 Å². The van der Waals surface area contributed by atoms with E-state index < -0.39 is 5.82 Å². The number of halogens is 2. The molecule has 5 heteroatoms. The first-order chi connectivity index (χ1) is 8.63. The summed E-state index contributed by atoms with van der Waals surface area (Å²) in [5, 5.41) is 9.16. The maximum Gasteiger partial charge on any atom is 0.228 e. The van der Waals surface area contributed by atoms with E-state index in [4.69, 9.17) is 16.9 Å². The molecule has 0 aliphatic carbocycles. The second-order valence-electron chi connectivity index (χ2n) is 4.25. The van der Waals surface area contributed by atoms with Crippen LogP contribution >= 0.6 is 11.6 Å². The predicted molar refractivity (Wildman–Crippen MR) is 65.5 cm³/mol. The number of nitriles is 1. The summed E-state index contributed by atoms with van der Waals surface area (Å²) in [6.07, 6.45) is 1.41. The van der Waals surface area contributed by atoms with E-state index in [0.717, 1.165) is 6.42 Å². The highest BCUT2D eigenvalue weighted by atomic mass is 35.5. The van der Waals surface area contributed by atoms with E-state index in [2.05, 4.69) is 6.07 Å². The van der Waals surface area contributed by atoms with Gasteiger partial charge in [-0.25, -0.2) is 4.39 Å². The lowest BCUT2D eigenvalue weighted by molar-refractivity contribution is -0.130. The molecular weight excluding hydrogens is 255 g/mol. The molecule has 0 N–H and O–H groups in total. The van der Waals surface area contributed by atoms with E-state index in [9.17, 15) is 9.18 Å². The number of benzene rings is 1. The number of hydrogen-bond acceptors (Lipinski definition) is 2. The highest BCUT2D eigenvalue weighted by Gasteiger charge is 2.29. The van der Waals surface area contributed by atoms with Crippen LogP contribution in [-0.4, -0.2) is 23.4 Å². The molecule has 1 saturated heterocycles. The van der Waals surface area contributed by atoms with E-state index in [1.54, 1.807) is 6.07 Å². The van der Waals surface area contributed by atoms with Gasteiger partial charge in [0.1, 0.15) is 11.9 Å². The van der Waals surface area contributed by atoms with Gasteiger partial charge in [0.25, 0.3) is 0 Å². The van der Waals surface area contributed by atoms with Gasteiger partial charge < -0.3 is 4.90 Å². The summed E-state index contributed by atoms with van der Waals surface area (Å²) in [6, 6.07) is 6.03. The van der Waals surface area contributed by atoms with Crippen LogP contribution in [0.3, 0.4) is 0 Å². The zero-order valence-corrected chi connectivity index (χ0v) is 10.5. The molecule has 94 valence electrons. The minimum Gasteiger partial charge on any atom is -0.326 e. The van der Waals surface area contributed by atoms with Gasteiger partial charge in [-0.1, -0.05) is 17.7 Å². The van der Waals surface area contributed by atoms with Gasteiger partial charge >= 0.3 is 0 Å². The molecule has 2 rings (SSSR count). The lowest BCUT2D eigenvalue weighted by Gasteiger charge is -2.19. The van der Waals surface area contributed by atoms with Gasteiger partial charge in [0.15, 0.2) is 0 Å².